The Labute approximate surface area is 96.2 Å². The highest BCUT2D eigenvalue weighted by Gasteiger charge is 2.00. The summed E-state index contributed by atoms with van der Waals surface area (Å²) < 4.78 is 38.7. The Morgan fingerprint density at radius 1 is 0.882 bits per heavy atom. The minimum Gasteiger partial charge on any atom is -0.256 e. The van der Waals surface area contributed by atoms with Crippen LogP contribution in [0.5, 0.6) is 0 Å². The number of rotatable bonds is 2. The van der Waals surface area contributed by atoms with Gasteiger partial charge in [-0.3, -0.25) is 4.99 Å². The number of benzene rings is 2. The molecular formula is C13H8F3N. The van der Waals surface area contributed by atoms with Crippen molar-refractivity contribution in [3.8, 4) is 0 Å². The van der Waals surface area contributed by atoms with Crippen LogP contribution in [0, 0.1) is 17.5 Å². The molecule has 0 spiro atoms. The molecule has 0 aliphatic heterocycles. The van der Waals surface area contributed by atoms with Crippen molar-refractivity contribution in [2.75, 3.05) is 0 Å². The summed E-state index contributed by atoms with van der Waals surface area (Å²) in [7, 11) is 0. The lowest BCUT2D eigenvalue weighted by Gasteiger charge is -1.97. The van der Waals surface area contributed by atoms with Gasteiger partial charge in [-0.05, 0) is 30.3 Å². The molecule has 17 heavy (non-hydrogen) atoms. The van der Waals surface area contributed by atoms with Crippen LogP contribution < -0.4 is 0 Å². The molecule has 0 unspecified atom stereocenters. The van der Waals surface area contributed by atoms with Crippen LogP contribution in [0.1, 0.15) is 5.56 Å². The molecule has 2 aromatic rings. The van der Waals surface area contributed by atoms with Gasteiger partial charge in [0.25, 0.3) is 0 Å². The number of halogens is 3. The molecule has 0 aliphatic carbocycles. The minimum atomic E-state index is -0.704. The molecule has 4 heteroatoms. The molecule has 0 bridgehead atoms. The number of nitrogens with zero attached hydrogens (tertiary/aromatic N) is 1. The first-order valence-electron chi connectivity index (χ1n) is 4.90. The normalized spacial score (nSPS) is 11.0. The lowest BCUT2D eigenvalue weighted by Crippen LogP contribution is -1.89. The number of hydrogen-bond donors (Lipinski definition) is 0. The molecule has 0 aliphatic rings. The van der Waals surface area contributed by atoms with Crippen LogP contribution in [0.2, 0.25) is 0 Å². The van der Waals surface area contributed by atoms with E-state index >= 15 is 0 Å². The second-order valence-electron chi connectivity index (χ2n) is 3.40. The Kier molecular flexibility index (Phi) is 3.23. The Morgan fingerprint density at radius 2 is 1.65 bits per heavy atom. The maximum atomic E-state index is 13.2. The van der Waals surface area contributed by atoms with E-state index in [0.29, 0.717) is 5.69 Å². The van der Waals surface area contributed by atoms with Gasteiger partial charge in [-0.2, -0.15) is 0 Å². The third-order valence-corrected chi connectivity index (χ3v) is 2.12. The molecule has 0 N–H and O–H groups in total. The van der Waals surface area contributed by atoms with Gasteiger partial charge in [-0.1, -0.05) is 6.07 Å². The maximum Gasteiger partial charge on any atom is 0.134 e. The molecule has 0 atom stereocenters. The average molecular weight is 235 g/mol. The van der Waals surface area contributed by atoms with Gasteiger partial charge in [0.1, 0.15) is 17.5 Å². The van der Waals surface area contributed by atoms with Crippen LogP contribution in [0.25, 0.3) is 0 Å². The summed E-state index contributed by atoms with van der Waals surface area (Å²) >= 11 is 0. The predicted octanol–water partition coefficient (Wildman–Crippen LogP) is 3.85. The summed E-state index contributed by atoms with van der Waals surface area (Å²) in [5.41, 5.74) is 0.518. The molecule has 0 saturated heterocycles. The van der Waals surface area contributed by atoms with E-state index in [1.807, 2.05) is 0 Å². The fourth-order valence-electron chi connectivity index (χ4n) is 1.31. The van der Waals surface area contributed by atoms with Crippen molar-refractivity contribution in [2.24, 2.45) is 4.99 Å². The van der Waals surface area contributed by atoms with Crippen LogP contribution in [-0.4, -0.2) is 6.21 Å². The topological polar surface area (TPSA) is 12.4 Å². The van der Waals surface area contributed by atoms with E-state index in [-0.39, 0.29) is 5.56 Å². The van der Waals surface area contributed by atoms with E-state index in [4.69, 9.17) is 0 Å². The lowest BCUT2D eigenvalue weighted by molar-refractivity contribution is 0.582. The highest BCUT2D eigenvalue weighted by molar-refractivity contribution is 5.82. The van der Waals surface area contributed by atoms with Gasteiger partial charge in [-0.25, -0.2) is 13.2 Å². The van der Waals surface area contributed by atoms with Crippen molar-refractivity contribution >= 4 is 11.9 Å². The molecule has 1 nitrogen and oxygen atoms in total. The SMILES string of the molecule is Fc1cccc(/N=C/c2ccc(F)cc2F)c1. The van der Waals surface area contributed by atoms with E-state index < -0.39 is 17.5 Å². The van der Waals surface area contributed by atoms with E-state index in [2.05, 4.69) is 4.99 Å². The zero-order valence-electron chi connectivity index (χ0n) is 8.70. The zero-order chi connectivity index (χ0) is 12.3. The second kappa shape index (κ2) is 4.82. The van der Waals surface area contributed by atoms with Crippen molar-refractivity contribution in [3.05, 3.63) is 65.5 Å². The van der Waals surface area contributed by atoms with E-state index in [9.17, 15) is 13.2 Å². The Hall–Kier alpha value is -2.10. The Morgan fingerprint density at radius 3 is 2.35 bits per heavy atom. The second-order valence-corrected chi connectivity index (χ2v) is 3.40. The molecule has 0 radical (unpaired) electrons. The largest absolute Gasteiger partial charge is 0.256 e. The van der Waals surface area contributed by atoms with E-state index in [1.165, 1.54) is 30.5 Å². The molecule has 2 aromatic carbocycles. The molecule has 2 rings (SSSR count). The first kappa shape index (κ1) is 11.4. The first-order chi connectivity index (χ1) is 8.15. The smallest absolute Gasteiger partial charge is 0.134 e. The summed E-state index contributed by atoms with van der Waals surface area (Å²) in [5, 5.41) is 0. The minimum absolute atomic E-state index is 0.149. The summed E-state index contributed by atoms with van der Waals surface area (Å²) in [6.45, 7) is 0. The number of aliphatic imine (C=N–C) groups is 1. The van der Waals surface area contributed by atoms with Crippen LogP contribution in [-0.2, 0) is 0 Å². The molecule has 0 aromatic heterocycles. The van der Waals surface area contributed by atoms with Crippen molar-refractivity contribution in [2.45, 2.75) is 0 Å². The molecule has 0 amide bonds. The van der Waals surface area contributed by atoms with Gasteiger partial charge in [0.15, 0.2) is 0 Å². The third kappa shape index (κ3) is 2.93. The van der Waals surface area contributed by atoms with Gasteiger partial charge in [0, 0.05) is 17.8 Å². The van der Waals surface area contributed by atoms with Gasteiger partial charge in [-0.15, -0.1) is 0 Å². The fraction of sp³-hybridized carbons (Fsp3) is 0. The van der Waals surface area contributed by atoms with Crippen molar-refractivity contribution in [3.63, 3.8) is 0 Å². The summed E-state index contributed by atoms with van der Waals surface area (Å²) in [5.74, 6) is -1.77. The molecule has 0 fully saturated rings. The molecule has 86 valence electrons. The standard InChI is InChI=1S/C13H8F3N/c14-10-2-1-3-12(6-10)17-8-9-4-5-11(15)7-13(9)16/h1-8H/b17-8+. The van der Waals surface area contributed by atoms with Crippen molar-refractivity contribution in [1.29, 1.82) is 0 Å². The van der Waals surface area contributed by atoms with Crippen molar-refractivity contribution in [1.82, 2.24) is 0 Å². The average Bonchev–Trinajstić information content (AvgIpc) is 2.28. The van der Waals surface area contributed by atoms with Gasteiger partial charge >= 0.3 is 0 Å². The Balaban J connectivity index is 2.26. The highest BCUT2D eigenvalue weighted by Crippen LogP contribution is 2.14. The number of hydrogen-bond acceptors (Lipinski definition) is 1. The maximum absolute atomic E-state index is 13.2. The van der Waals surface area contributed by atoms with Gasteiger partial charge in [0.05, 0.1) is 5.69 Å². The predicted molar refractivity (Wildman–Crippen MR) is 60.0 cm³/mol. The summed E-state index contributed by atoms with van der Waals surface area (Å²) in [4.78, 5) is 3.90. The molecule has 0 saturated carbocycles. The molecular weight excluding hydrogens is 227 g/mol. The lowest BCUT2D eigenvalue weighted by atomic mass is 10.2. The van der Waals surface area contributed by atoms with Gasteiger partial charge in [0.2, 0.25) is 0 Å². The first-order valence-corrected chi connectivity index (χ1v) is 4.90. The molecule has 0 heterocycles. The highest BCUT2D eigenvalue weighted by atomic mass is 19.1. The van der Waals surface area contributed by atoms with Crippen LogP contribution in [0.4, 0.5) is 18.9 Å². The third-order valence-electron chi connectivity index (χ3n) is 2.12. The Bertz CT molecular complexity index is 564. The van der Waals surface area contributed by atoms with E-state index in [0.717, 1.165) is 12.1 Å². The monoisotopic (exact) mass is 235 g/mol. The zero-order valence-corrected chi connectivity index (χ0v) is 8.70. The van der Waals surface area contributed by atoms with Crippen LogP contribution in [0.3, 0.4) is 0 Å². The fourth-order valence-corrected chi connectivity index (χ4v) is 1.31. The van der Waals surface area contributed by atoms with Crippen molar-refractivity contribution < 1.29 is 13.2 Å². The summed E-state index contributed by atoms with van der Waals surface area (Å²) in [6.07, 6.45) is 1.23. The van der Waals surface area contributed by atoms with Gasteiger partial charge < -0.3 is 0 Å². The summed E-state index contributed by atoms with van der Waals surface area (Å²) in [6, 6.07) is 8.77. The van der Waals surface area contributed by atoms with Crippen LogP contribution >= 0.6 is 0 Å². The van der Waals surface area contributed by atoms with Crippen LogP contribution in [0.15, 0.2) is 47.5 Å². The quantitative estimate of drug-likeness (QED) is 0.701. The van der Waals surface area contributed by atoms with E-state index in [1.54, 1.807) is 6.07 Å².